The van der Waals surface area contributed by atoms with Gasteiger partial charge >= 0.3 is 0 Å². The Morgan fingerprint density at radius 2 is 1.16 bits per heavy atom. The van der Waals surface area contributed by atoms with E-state index < -0.39 is 0 Å². The average molecular weight is 587 g/mol. The molecule has 0 saturated carbocycles. The van der Waals surface area contributed by atoms with Crippen molar-refractivity contribution in [3.8, 4) is 22.5 Å². The topological polar surface area (TPSA) is 7.76 Å². The van der Waals surface area contributed by atoms with Crippen LogP contribution < -0.4 is 9.13 Å². The van der Waals surface area contributed by atoms with Gasteiger partial charge in [-0.1, -0.05) is 29.8 Å². The van der Waals surface area contributed by atoms with Gasteiger partial charge in [-0.05, 0) is 123 Å². The van der Waals surface area contributed by atoms with E-state index in [0.29, 0.717) is 28.8 Å². The summed E-state index contributed by atoms with van der Waals surface area (Å²) in [7, 11) is 1.98. The molecule has 2 heterocycles. The van der Waals surface area contributed by atoms with Gasteiger partial charge in [-0.25, -0.2) is 13.3 Å². The molecule has 0 spiro atoms. The number of nitrogens with zero attached hydrogens (tertiary/aromatic N) is 2. The first-order valence-electron chi connectivity index (χ1n) is 15.3. The van der Waals surface area contributed by atoms with Crippen LogP contribution in [0.1, 0.15) is 50.1 Å². The zero-order valence-corrected chi connectivity index (χ0v) is 27.2. The predicted octanol–water partition coefficient (Wildman–Crippen LogP) is 9.23. The van der Waals surface area contributed by atoms with Crippen LogP contribution in [0.5, 0.6) is 0 Å². The van der Waals surface area contributed by atoms with Crippen LogP contribution in [0, 0.1) is 67.0 Å². The molecule has 6 rings (SSSR count). The lowest BCUT2D eigenvalue weighted by Gasteiger charge is -2.16. The maximum absolute atomic E-state index is 16.1. The molecular formula is C40H40F2N2+2. The van der Waals surface area contributed by atoms with Crippen LogP contribution in [0.25, 0.3) is 44.1 Å². The Kier molecular flexibility index (Phi) is 7.36. The third-order valence-electron chi connectivity index (χ3n) is 9.46. The summed E-state index contributed by atoms with van der Waals surface area (Å²) in [5.41, 5.74) is 11.7. The number of fused-ring (bicyclic) bond motifs is 2. The lowest BCUT2D eigenvalue weighted by Crippen LogP contribution is -2.37. The number of aromatic nitrogens is 2. The minimum atomic E-state index is -0.181. The Balaban J connectivity index is 1.63. The van der Waals surface area contributed by atoms with Crippen molar-refractivity contribution in [3.63, 3.8) is 0 Å². The molecule has 0 aliphatic carbocycles. The second-order valence-electron chi connectivity index (χ2n) is 12.7. The lowest BCUT2D eigenvalue weighted by molar-refractivity contribution is -0.676. The number of rotatable bonds is 4. The third-order valence-corrected chi connectivity index (χ3v) is 9.46. The van der Waals surface area contributed by atoms with Crippen LogP contribution in [0.15, 0.2) is 67.0 Å². The molecule has 0 aliphatic rings. The number of halogens is 2. The second kappa shape index (κ2) is 10.9. The van der Waals surface area contributed by atoms with E-state index in [1.165, 1.54) is 5.56 Å². The van der Waals surface area contributed by atoms with E-state index in [9.17, 15) is 0 Å². The molecule has 2 aromatic heterocycles. The quantitative estimate of drug-likeness (QED) is 0.182. The molecular weight excluding hydrogens is 546 g/mol. The molecule has 0 radical (unpaired) electrons. The van der Waals surface area contributed by atoms with Crippen LogP contribution in [0.2, 0.25) is 0 Å². The largest absolute Gasteiger partial charge is 0.223 e. The zero-order valence-electron chi connectivity index (χ0n) is 27.2. The molecule has 0 unspecified atom stereocenters. The molecule has 0 saturated heterocycles. The Morgan fingerprint density at radius 3 is 1.80 bits per heavy atom. The van der Waals surface area contributed by atoms with Crippen molar-refractivity contribution in [1.82, 2.24) is 0 Å². The van der Waals surface area contributed by atoms with Crippen molar-refractivity contribution in [3.05, 3.63) is 129 Å². The fourth-order valence-electron chi connectivity index (χ4n) is 6.86. The molecule has 4 aromatic carbocycles. The summed E-state index contributed by atoms with van der Waals surface area (Å²) in [5.74, 6) is -0.360. The lowest BCUT2D eigenvalue weighted by atomic mass is 9.91. The van der Waals surface area contributed by atoms with E-state index >= 15 is 8.78 Å². The van der Waals surface area contributed by atoms with E-state index in [4.69, 9.17) is 0 Å². The second-order valence-corrected chi connectivity index (χ2v) is 12.7. The molecule has 222 valence electrons. The van der Waals surface area contributed by atoms with E-state index in [1.807, 2.05) is 71.5 Å². The Morgan fingerprint density at radius 1 is 0.545 bits per heavy atom. The highest BCUT2D eigenvalue weighted by Gasteiger charge is 2.27. The van der Waals surface area contributed by atoms with Gasteiger partial charge in [-0.3, -0.25) is 0 Å². The molecule has 4 heteroatoms. The molecule has 0 amide bonds. The number of pyridine rings is 2. The summed E-state index contributed by atoms with van der Waals surface area (Å²) < 4.78 is 36.2. The van der Waals surface area contributed by atoms with Crippen molar-refractivity contribution < 1.29 is 17.9 Å². The Labute approximate surface area is 259 Å². The first-order chi connectivity index (χ1) is 20.9. The highest BCUT2D eigenvalue weighted by atomic mass is 19.1. The van der Waals surface area contributed by atoms with Gasteiger partial charge in [0.1, 0.15) is 18.7 Å². The van der Waals surface area contributed by atoms with Crippen molar-refractivity contribution in [2.45, 2.75) is 61.9 Å². The van der Waals surface area contributed by atoms with Crippen molar-refractivity contribution in [1.29, 1.82) is 0 Å². The predicted molar refractivity (Wildman–Crippen MR) is 177 cm³/mol. The molecule has 44 heavy (non-hydrogen) atoms. The number of hydrogen-bond donors (Lipinski definition) is 0. The molecule has 0 aliphatic heterocycles. The van der Waals surface area contributed by atoms with Crippen molar-refractivity contribution in [2.75, 3.05) is 0 Å². The SMILES string of the molecule is Cc1ccc2c(-c3c(C)c(C)cc(C)c3F)[n+](Cc3cc(C)c4cc[n+](C)c(-c5c(C)c(C)cc(C)c5F)c4c3)ccc2c1. The number of aryl methyl sites for hydroxylation is 7. The molecule has 6 aromatic rings. The number of benzene rings is 4. The first kappa shape index (κ1) is 29.6. The van der Waals surface area contributed by atoms with E-state index in [2.05, 4.69) is 67.1 Å². The van der Waals surface area contributed by atoms with E-state index in [1.54, 1.807) is 0 Å². The number of hydrogen-bond acceptors (Lipinski definition) is 0. The Bertz CT molecular complexity index is 2100. The minimum Gasteiger partial charge on any atom is -0.206 e. The van der Waals surface area contributed by atoms with Crippen molar-refractivity contribution in [2.24, 2.45) is 7.05 Å². The third kappa shape index (κ3) is 4.77. The van der Waals surface area contributed by atoms with Crippen LogP contribution in [0.3, 0.4) is 0 Å². The van der Waals surface area contributed by atoms with Gasteiger partial charge in [-0.15, -0.1) is 0 Å². The zero-order chi connectivity index (χ0) is 31.6. The highest BCUT2D eigenvalue weighted by molar-refractivity contribution is 5.97. The summed E-state index contributed by atoms with van der Waals surface area (Å²) in [6.07, 6.45) is 4.09. The van der Waals surface area contributed by atoms with E-state index in [-0.39, 0.29) is 11.6 Å². The fourth-order valence-corrected chi connectivity index (χ4v) is 6.86. The maximum atomic E-state index is 16.1. The first-order valence-corrected chi connectivity index (χ1v) is 15.3. The summed E-state index contributed by atoms with van der Waals surface area (Å²) in [6.45, 7) is 16.5. The van der Waals surface area contributed by atoms with Gasteiger partial charge in [0.25, 0.3) is 0 Å². The van der Waals surface area contributed by atoms with Gasteiger partial charge in [0.2, 0.25) is 11.4 Å². The van der Waals surface area contributed by atoms with Crippen molar-refractivity contribution >= 4 is 21.5 Å². The molecule has 0 N–H and O–H groups in total. The van der Waals surface area contributed by atoms with Gasteiger partial charge in [0.05, 0.1) is 21.9 Å². The summed E-state index contributed by atoms with van der Waals surface area (Å²) >= 11 is 0. The Hall–Kier alpha value is -4.44. The average Bonchev–Trinajstić information content (AvgIpc) is 2.97. The van der Waals surface area contributed by atoms with E-state index in [0.717, 1.165) is 66.3 Å². The maximum Gasteiger partial charge on any atom is 0.223 e. The van der Waals surface area contributed by atoms with Crippen LogP contribution >= 0.6 is 0 Å². The molecule has 0 fully saturated rings. The summed E-state index contributed by atoms with van der Waals surface area (Å²) in [6, 6.07) is 18.8. The molecule has 0 bridgehead atoms. The smallest absolute Gasteiger partial charge is 0.206 e. The molecule has 2 nitrogen and oxygen atoms in total. The fraction of sp³-hybridized carbons (Fsp3) is 0.250. The van der Waals surface area contributed by atoms with Gasteiger partial charge in [0, 0.05) is 17.7 Å². The highest BCUT2D eigenvalue weighted by Crippen LogP contribution is 2.36. The van der Waals surface area contributed by atoms with Crippen LogP contribution in [0.4, 0.5) is 8.78 Å². The summed E-state index contributed by atoms with van der Waals surface area (Å²) in [5, 5.41) is 4.20. The van der Waals surface area contributed by atoms with Crippen LogP contribution in [-0.2, 0) is 13.6 Å². The van der Waals surface area contributed by atoms with Gasteiger partial charge in [0.15, 0.2) is 18.9 Å². The monoisotopic (exact) mass is 586 g/mol. The summed E-state index contributed by atoms with van der Waals surface area (Å²) in [4.78, 5) is 0. The van der Waals surface area contributed by atoms with Gasteiger partial charge in [-0.2, -0.15) is 4.57 Å². The molecule has 0 atom stereocenters. The van der Waals surface area contributed by atoms with Crippen LogP contribution in [-0.4, -0.2) is 0 Å². The normalized spacial score (nSPS) is 11.6. The van der Waals surface area contributed by atoms with Gasteiger partial charge < -0.3 is 0 Å². The standard InChI is InChI=1S/C40H40F2N2/c1-22-10-11-33-31(16-22)12-15-44(40(33)36-29(8)24(3)18-27(6)38(36)42)21-30-19-25(4)32-13-14-43(9)39(34(32)20-30)35-28(7)23(2)17-26(5)37(35)41/h10-20H,21H2,1-9H3/q+2. The minimum absolute atomic E-state index is 0.179.